The molecule has 0 unspecified atom stereocenters. The molecule has 0 heterocycles. The molecule has 0 aliphatic heterocycles. The molecule has 0 N–H and O–H groups in total. The van der Waals surface area contributed by atoms with E-state index >= 15 is 0 Å². The summed E-state index contributed by atoms with van der Waals surface area (Å²) >= 11 is 0. The molecule has 104 valence electrons. The summed E-state index contributed by atoms with van der Waals surface area (Å²) in [7, 11) is 0. The van der Waals surface area contributed by atoms with Gasteiger partial charge >= 0.3 is 11.9 Å². The van der Waals surface area contributed by atoms with E-state index in [1.807, 2.05) is 0 Å². The first-order chi connectivity index (χ1) is 9.15. The van der Waals surface area contributed by atoms with Crippen LogP contribution in [0.5, 0.6) is 0 Å². The van der Waals surface area contributed by atoms with E-state index in [2.05, 4.69) is 6.92 Å². The molecule has 0 bridgehead atoms. The number of benzene rings is 1. The summed E-state index contributed by atoms with van der Waals surface area (Å²) in [5.74, 6) is -1.09. The van der Waals surface area contributed by atoms with E-state index in [1.165, 1.54) is 6.92 Å². The summed E-state index contributed by atoms with van der Waals surface area (Å²) in [5, 5.41) is 0.660. The van der Waals surface area contributed by atoms with Crippen LogP contribution in [0, 0.1) is 0 Å². The molecule has 1 aromatic carbocycles. The Morgan fingerprint density at radius 2 is 1.84 bits per heavy atom. The highest BCUT2D eigenvalue weighted by molar-refractivity contribution is 5.93. The van der Waals surface area contributed by atoms with Crippen molar-refractivity contribution in [2.24, 2.45) is 0 Å². The Bertz CT molecular complexity index is 405. The van der Waals surface area contributed by atoms with Crippen molar-refractivity contribution in [3.05, 3.63) is 35.9 Å². The molecule has 0 aliphatic carbocycles. The Morgan fingerprint density at radius 1 is 1.16 bits per heavy atom. The largest absolute Gasteiger partial charge is 0.332 e. The second-order valence-electron chi connectivity index (χ2n) is 4.05. The standard InChI is InChI=1S/C14H19NO4/c1-3-4-8-11-18-15(19-12(2)16)14(17)13-9-6-5-7-10-13/h5-7,9-10H,3-4,8,11H2,1-2H3. The minimum atomic E-state index is -0.597. The SMILES string of the molecule is CCCCCON(OC(C)=O)C(=O)c1ccccc1. The molecule has 5 nitrogen and oxygen atoms in total. The molecular weight excluding hydrogens is 246 g/mol. The summed E-state index contributed by atoms with van der Waals surface area (Å²) in [6, 6.07) is 8.53. The van der Waals surface area contributed by atoms with Gasteiger partial charge < -0.3 is 4.84 Å². The third-order valence-electron chi connectivity index (χ3n) is 2.35. The molecule has 0 atom stereocenters. The van der Waals surface area contributed by atoms with Gasteiger partial charge in [-0.25, -0.2) is 9.63 Å². The Morgan fingerprint density at radius 3 is 2.42 bits per heavy atom. The lowest BCUT2D eigenvalue weighted by Gasteiger charge is -2.19. The number of hydrogen-bond acceptors (Lipinski definition) is 4. The summed E-state index contributed by atoms with van der Waals surface area (Å²) in [5.41, 5.74) is 0.402. The highest BCUT2D eigenvalue weighted by Gasteiger charge is 2.19. The van der Waals surface area contributed by atoms with Crippen molar-refractivity contribution in [2.75, 3.05) is 6.61 Å². The Labute approximate surface area is 113 Å². The number of carbonyl (C=O) groups is 2. The van der Waals surface area contributed by atoms with Crippen LogP contribution >= 0.6 is 0 Å². The molecule has 0 aliphatic rings. The zero-order chi connectivity index (χ0) is 14.1. The zero-order valence-corrected chi connectivity index (χ0v) is 11.3. The van der Waals surface area contributed by atoms with E-state index in [-0.39, 0.29) is 0 Å². The maximum atomic E-state index is 12.1. The van der Waals surface area contributed by atoms with E-state index in [0.717, 1.165) is 19.3 Å². The van der Waals surface area contributed by atoms with Gasteiger partial charge in [-0.3, -0.25) is 4.79 Å². The first-order valence-corrected chi connectivity index (χ1v) is 6.36. The Hall–Kier alpha value is -1.88. The van der Waals surface area contributed by atoms with Crippen LogP contribution in [0.3, 0.4) is 0 Å². The molecule has 19 heavy (non-hydrogen) atoms. The fourth-order valence-electron chi connectivity index (χ4n) is 1.43. The summed E-state index contributed by atoms with van der Waals surface area (Å²) in [6.07, 6.45) is 2.84. The fourth-order valence-corrected chi connectivity index (χ4v) is 1.43. The van der Waals surface area contributed by atoms with E-state index in [0.29, 0.717) is 17.4 Å². The molecule has 0 saturated carbocycles. The highest BCUT2D eigenvalue weighted by Crippen LogP contribution is 2.07. The van der Waals surface area contributed by atoms with Crippen LogP contribution in [0.25, 0.3) is 0 Å². The molecule has 5 heteroatoms. The van der Waals surface area contributed by atoms with Crippen LogP contribution in [0.2, 0.25) is 0 Å². The monoisotopic (exact) mass is 265 g/mol. The van der Waals surface area contributed by atoms with Crippen LogP contribution in [0.1, 0.15) is 43.5 Å². The van der Waals surface area contributed by atoms with Gasteiger partial charge in [0.1, 0.15) is 0 Å². The normalized spacial score (nSPS) is 10.0. The van der Waals surface area contributed by atoms with Crippen LogP contribution in [-0.2, 0) is 14.5 Å². The van der Waals surface area contributed by atoms with Crippen LogP contribution in [0.4, 0.5) is 0 Å². The third-order valence-corrected chi connectivity index (χ3v) is 2.35. The van der Waals surface area contributed by atoms with Gasteiger partial charge in [0, 0.05) is 12.5 Å². The molecule has 0 spiro atoms. The van der Waals surface area contributed by atoms with Crippen molar-refractivity contribution >= 4 is 11.9 Å². The summed E-state index contributed by atoms with van der Waals surface area (Å²) in [4.78, 5) is 33.0. The predicted octanol–water partition coefficient (Wildman–Crippen LogP) is 2.73. The minimum Gasteiger partial charge on any atom is -0.312 e. The highest BCUT2D eigenvalue weighted by atomic mass is 17.0. The number of amides is 1. The van der Waals surface area contributed by atoms with E-state index in [9.17, 15) is 9.59 Å². The lowest BCUT2D eigenvalue weighted by Crippen LogP contribution is -2.33. The maximum absolute atomic E-state index is 12.1. The molecule has 1 aromatic rings. The first-order valence-electron chi connectivity index (χ1n) is 6.36. The van der Waals surface area contributed by atoms with Crippen molar-refractivity contribution in [1.82, 2.24) is 5.23 Å². The van der Waals surface area contributed by atoms with Gasteiger partial charge in [-0.1, -0.05) is 38.0 Å². The van der Waals surface area contributed by atoms with E-state index in [4.69, 9.17) is 9.68 Å². The average molecular weight is 265 g/mol. The molecule has 0 radical (unpaired) electrons. The molecule has 0 fully saturated rings. The molecule has 1 rings (SSSR count). The van der Waals surface area contributed by atoms with Gasteiger partial charge in [-0.15, -0.1) is 0 Å². The zero-order valence-electron chi connectivity index (χ0n) is 11.3. The predicted molar refractivity (Wildman–Crippen MR) is 69.9 cm³/mol. The quantitative estimate of drug-likeness (QED) is 0.586. The van der Waals surface area contributed by atoms with Crippen molar-refractivity contribution in [3.8, 4) is 0 Å². The van der Waals surface area contributed by atoms with Gasteiger partial charge in [-0.2, -0.15) is 0 Å². The number of hydroxylamine groups is 2. The van der Waals surface area contributed by atoms with Gasteiger partial charge in [0.15, 0.2) is 0 Å². The van der Waals surface area contributed by atoms with Gasteiger partial charge in [0.05, 0.1) is 6.61 Å². The van der Waals surface area contributed by atoms with Gasteiger partial charge in [0.25, 0.3) is 0 Å². The van der Waals surface area contributed by atoms with Crippen LogP contribution in [-0.4, -0.2) is 23.7 Å². The maximum Gasteiger partial charge on any atom is 0.332 e. The van der Waals surface area contributed by atoms with Crippen molar-refractivity contribution in [3.63, 3.8) is 0 Å². The number of carbonyl (C=O) groups excluding carboxylic acids is 2. The lowest BCUT2D eigenvalue weighted by molar-refractivity contribution is -0.307. The Kier molecular flexibility index (Phi) is 6.60. The van der Waals surface area contributed by atoms with Crippen molar-refractivity contribution < 1.29 is 19.3 Å². The van der Waals surface area contributed by atoms with Crippen molar-refractivity contribution in [2.45, 2.75) is 33.1 Å². The average Bonchev–Trinajstić information content (AvgIpc) is 2.42. The molecule has 1 amide bonds. The number of hydrogen-bond donors (Lipinski definition) is 0. The van der Waals surface area contributed by atoms with E-state index < -0.39 is 11.9 Å². The Balaban J connectivity index is 2.62. The van der Waals surface area contributed by atoms with Crippen molar-refractivity contribution in [1.29, 1.82) is 0 Å². The summed E-state index contributed by atoms with van der Waals surface area (Å²) < 4.78 is 0. The second-order valence-corrected chi connectivity index (χ2v) is 4.05. The second kappa shape index (κ2) is 8.26. The third kappa shape index (κ3) is 5.52. The minimum absolute atomic E-state index is 0.333. The molecule has 0 saturated heterocycles. The topological polar surface area (TPSA) is 55.8 Å². The summed E-state index contributed by atoms with van der Waals surface area (Å²) in [6.45, 7) is 3.62. The molecular formula is C14H19NO4. The van der Waals surface area contributed by atoms with Crippen LogP contribution in [0.15, 0.2) is 30.3 Å². The van der Waals surface area contributed by atoms with Gasteiger partial charge in [-0.05, 0) is 23.8 Å². The number of nitrogens with zero attached hydrogens (tertiary/aromatic N) is 1. The number of rotatable bonds is 6. The van der Waals surface area contributed by atoms with Gasteiger partial charge in [0.2, 0.25) is 0 Å². The lowest BCUT2D eigenvalue weighted by atomic mass is 10.2. The first kappa shape index (κ1) is 15.2. The smallest absolute Gasteiger partial charge is 0.312 e. The van der Waals surface area contributed by atoms with E-state index in [1.54, 1.807) is 30.3 Å². The molecule has 0 aromatic heterocycles. The van der Waals surface area contributed by atoms with Crippen LogP contribution < -0.4 is 0 Å². The fraction of sp³-hybridized carbons (Fsp3) is 0.429. The number of unbranched alkanes of at least 4 members (excludes halogenated alkanes) is 2.